The highest BCUT2D eigenvalue weighted by Gasteiger charge is 2.57. The Morgan fingerprint density at radius 1 is 1.13 bits per heavy atom. The zero-order valence-corrected chi connectivity index (χ0v) is 16.3. The molecule has 2 nitrogen and oxygen atoms in total. The highest BCUT2D eigenvalue weighted by Crippen LogP contribution is 2.65. The molecule has 1 N–H and O–H groups in total. The van der Waals surface area contributed by atoms with E-state index in [2.05, 4.69) is 35.1 Å². The van der Waals surface area contributed by atoms with Gasteiger partial charge in [-0.2, -0.15) is 0 Å². The highest BCUT2D eigenvalue weighted by molar-refractivity contribution is 9.10. The number of amides is 1. The van der Waals surface area contributed by atoms with Crippen LogP contribution in [0.3, 0.4) is 0 Å². The van der Waals surface area contributed by atoms with E-state index in [4.69, 9.17) is 0 Å². The summed E-state index contributed by atoms with van der Waals surface area (Å²) in [4.78, 5) is 12.8. The van der Waals surface area contributed by atoms with Gasteiger partial charge in [0.25, 0.3) is 0 Å². The molecule has 0 aromatic heterocycles. The third kappa shape index (κ3) is 3.12. The first kappa shape index (κ1) is 16.4. The predicted molar refractivity (Wildman–Crippen MR) is 97.5 cm³/mol. The van der Waals surface area contributed by atoms with Crippen LogP contribution in [-0.4, -0.2) is 16.3 Å². The third-order valence-electron chi connectivity index (χ3n) is 7.70. The molecule has 0 heterocycles. The van der Waals surface area contributed by atoms with Crippen molar-refractivity contribution in [3.63, 3.8) is 0 Å². The molecule has 5 fully saturated rings. The van der Waals surface area contributed by atoms with Crippen molar-refractivity contribution in [3.8, 4) is 0 Å². The van der Waals surface area contributed by atoms with E-state index in [9.17, 15) is 4.79 Å². The van der Waals surface area contributed by atoms with Crippen LogP contribution < -0.4 is 5.32 Å². The van der Waals surface area contributed by atoms with E-state index in [0.717, 1.165) is 24.2 Å². The maximum atomic E-state index is 12.8. The van der Waals surface area contributed by atoms with E-state index in [1.54, 1.807) is 0 Å². The van der Waals surface area contributed by atoms with E-state index in [1.807, 2.05) is 0 Å². The standard InChI is InChI=1S/C20H32BrNO/c1-13-4-3-5-17(14(13)2)22-18(23)11-19-7-15-6-16(8-19)10-20(21,9-15)12-19/h13-17H,3-12H2,1-2H3,(H,22,23)/t13-,14+,15-,16+,17+,19?,20?/m0/s1. The number of carbonyl (C=O) groups excluding carboxylic acids is 1. The van der Waals surface area contributed by atoms with Gasteiger partial charge in [0.15, 0.2) is 0 Å². The number of hydrogen-bond donors (Lipinski definition) is 1. The molecule has 3 heteroatoms. The van der Waals surface area contributed by atoms with E-state index >= 15 is 0 Å². The van der Waals surface area contributed by atoms with Crippen molar-refractivity contribution in [3.05, 3.63) is 0 Å². The van der Waals surface area contributed by atoms with Crippen LogP contribution >= 0.6 is 15.9 Å². The van der Waals surface area contributed by atoms with Gasteiger partial charge < -0.3 is 5.32 Å². The molecule has 0 saturated heterocycles. The molecule has 5 aliphatic carbocycles. The lowest BCUT2D eigenvalue weighted by molar-refractivity contribution is -0.129. The van der Waals surface area contributed by atoms with Gasteiger partial charge in [-0.05, 0) is 74.0 Å². The maximum Gasteiger partial charge on any atom is 0.220 e. The van der Waals surface area contributed by atoms with Gasteiger partial charge in [0.05, 0.1) is 0 Å². The predicted octanol–water partition coefficient (Wildman–Crippen LogP) is 5.05. The van der Waals surface area contributed by atoms with Gasteiger partial charge in [-0.3, -0.25) is 4.79 Å². The molecule has 0 aromatic rings. The van der Waals surface area contributed by atoms with Crippen LogP contribution in [0.4, 0.5) is 0 Å². The lowest BCUT2D eigenvalue weighted by Crippen LogP contribution is -2.54. The average molecular weight is 382 g/mol. The summed E-state index contributed by atoms with van der Waals surface area (Å²) >= 11 is 4.07. The van der Waals surface area contributed by atoms with E-state index in [1.165, 1.54) is 57.8 Å². The number of halogens is 1. The lowest BCUT2D eigenvalue weighted by atomic mass is 9.48. The van der Waals surface area contributed by atoms with Crippen molar-refractivity contribution < 1.29 is 4.79 Å². The van der Waals surface area contributed by atoms with Crippen LogP contribution in [0, 0.1) is 29.1 Å². The van der Waals surface area contributed by atoms with Crippen molar-refractivity contribution in [2.45, 2.75) is 88.4 Å². The smallest absolute Gasteiger partial charge is 0.220 e. The van der Waals surface area contributed by atoms with Gasteiger partial charge in [0, 0.05) is 16.8 Å². The van der Waals surface area contributed by atoms with Crippen molar-refractivity contribution in [1.82, 2.24) is 5.32 Å². The van der Waals surface area contributed by atoms with Gasteiger partial charge in [0.2, 0.25) is 5.91 Å². The highest BCUT2D eigenvalue weighted by atomic mass is 79.9. The summed E-state index contributed by atoms with van der Waals surface area (Å²) in [6.07, 6.45) is 12.5. The van der Waals surface area contributed by atoms with Crippen LogP contribution in [0.15, 0.2) is 0 Å². The monoisotopic (exact) mass is 381 g/mol. The molecular weight excluding hydrogens is 350 g/mol. The number of hydrogen-bond acceptors (Lipinski definition) is 1. The van der Waals surface area contributed by atoms with Gasteiger partial charge in [0.1, 0.15) is 0 Å². The topological polar surface area (TPSA) is 29.1 Å². The summed E-state index contributed by atoms with van der Waals surface area (Å²) in [6, 6.07) is 0.415. The fraction of sp³-hybridized carbons (Fsp3) is 0.950. The van der Waals surface area contributed by atoms with Crippen molar-refractivity contribution >= 4 is 21.8 Å². The summed E-state index contributed by atoms with van der Waals surface area (Å²) in [6.45, 7) is 4.67. The third-order valence-corrected chi connectivity index (χ3v) is 8.63. The second-order valence-corrected chi connectivity index (χ2v) is 11.4. The fourth-order valence-electron chi connectivity index (χ4n) is 6.93. The molecule has 2 unspecified atom stereocenters. The zero-order chi connectivity index (χ0) is 16.2. The van der Waals surface area contributed by atoms with Crippen LogP contribution in [0.5, 0.6) is 0 Å². The van der Waals surface area contributed by atoms with Gasteiger partial charge in [-0.15, -0.1) is 0 Å². The van der Waals surface area contributed by atoms with Gasteiger partial charge >= 0.3 is 0 Å². The van der Waals surface area contributed by atoms with Gasteiger partial charge in [-0.25, -0.2) is 0 Å². The molecule has 5 saturated carbocycles. The van der Waals surface area contributed by atoms with E-state index in [0.29, 0.717) is 27.6 Å². The molecule has 23 heavy (non-hydrogen) atoms. The van der Waals surface area contributed by atoms with E-state index in [-0.39, 0.29) is 0 Å². The Hall–Kier alpha value is -0.0500. The SMILES string of the molecule is C[C@@H]1[C@@H](C)CCC[C@H]1NC(=O)CC12C[C@@H]3C[C@@H](CC(Br)(C3)C1)C2. The summed E-state index contributed by atoms with van der Waals surface area (Å²) in [5.74, 6) is 3.47. The molecular formula is C20H32BrNO. The first-order valence-electron chi connectivity index (χ1n) is 9.85. The first-order chi connectivity index (χ1) is 10.9. The first-order valence-corrected chi connectivity index (χ1v) is 10.6. The zero-order valence-electron chi connectivity index (χ0n) is 14.7. The van der Waals surface area contributed by atoms with Crippen molar-refractivity contribution in [2.75, 3.05) is 0 Å². The molecule has 5 rings (SSSR count). The number of alkyl halides is 1. The molecule has 7 atom stereocenters. The maximum absolute atomic E-state index is 12.8. The quantitative estimate of drug-likeness (QED) is 0.680. The van der Waals surface area contributed by atoms with Crippen LogP contribution in [0.1, 0.15) is 78.1 Å². The van der Waals surface area contributed by atoms with Crippen LogP contribution in [-0.2, 0) is 4.79 Å². The molecule has 0 spiro atoms. The second-order valence-electron chi connectivity index (χ2n) is 9.73. The summed E-state index contributed by atoms with van der Waals surface area (Å²) in [5, 5.41) is 3.43. The normalized spacial score (nSPS) is 51.7. The summed E-state index contributed by atoms with van der Waals surface area (Å²) in [7, 11) is 0. The number of nitrogens with one attached hydrogen (secondary N) is 1. The Morgan fingerprint density at radius 2 is 1.83 bits per heavy atom. The molecule has 1 amide bonds. The minimum atomic E-state index is 0.307. The lowest BCUT2D eigenvalue weighted by Gasteiger charge is -2.60. The summed E-state index contributed by atoms with van der Waals surface area (Å²) in [5.41, 5.74) is 0.307. The minimum absolute atomic E-state index is 0.307. The molecule has 4 bridgehead atoms. The molecule has 130 valence electrons. The fourth-order valence-corrected chi connectivity index (χ4v) is 8.44. The number of carbonyl (C=O) groups is 1. The molecule has 0 aliphatic heterocycles. The van der Waals surface area contributed by atoms with E-state index < -0.39 is 0 Å². The Kier molecular flexibility index (Phi) is 4.10. The Balaban J connectivity index is 1.41. The minimum Gasteiger partial charge on any atom is -0.353 e. The Bertz CT molecular complexity index is 476. The Morgan fingerprint density at radius 3 is 2.48 bits per heavy atom. The molecule has 5 aliphatic rings. The Labute approximate surface area is 149 Å². The van der Waals surface area contributed by atoms with Crippen LogP contribution in [0.25, 0.3) is 0 Å². The largest absolute Gasteiger partial charge is 0.353 e. The molecule has 0 aromatic carbocycles. The van der Waals surface area contributed by atoms with Gasteiger partial charge in [-0.1, -0.05) is 42.6 Å². The average Bonchev–Trinajstić information content (AvgIpc) is 2.40. The van der Waals surface area contributed by atoms with Crippen molar-refractivity contribution in [2.24, 2.45) is 29.1 Å². The second kappa shape index (κ2) is 5.75. The summed E-state index contributed by atoms with van der Waals surface area (Å²) < 4.78 is 0.365. The van der Waals surface area contributed by atoms with Crippen LogP contribution in [0.2, 0.25) is 0 Å². The van der Waals surface area contributed by atoms with Crippen molar-refractivity contribution in [1.29, 1.82) is 0 Å². The number of rotatable bonds is 3. The molecule has 0 radical (unpaired) electrons.